The molecule has 0 aliphatic rings. The van der Waals surface area contributed by atoms with Crippen molar-refractivity contribution < 1.29 is 0 Å². The maximum Gasteiger partial charge on any atom is 0.130 e. The zero-order valence-corrected chi connectivity index (χ0v) is 14.0. The number of benzene rings is 1. The molecule has 1 N–H and O–H groups in total. The maximum atomic E-state index is 6.37. The van der Waals surface area contributed by atoms with Gasteiger partial charge in [0.1, 0.15) is 5.15 Å². The molecule has 4 heteroatoms. The van der Waals surface area contributed by atoms with Gasteiger partial charge in [0, 0.05) is 18.7 Å². The highest BCUT2D eigenvalue weighted by Crippen LogP contribution is 2.29. The smallest absolute Gasteiger partial charge is 0.130 e. The summed E-state index contributed by atoms with van der Waals surface area (Å²) in [6.45, 7) is 7.39. The van der Waals surface area contributed by atoms with Gasteiger partial charge in [-0.05, 0) is 31.4 Å². The second-order valence-electron chi connectivity index (χ2n) is 5.61. The fraction of sp³-hybridized carbons (Fsp3) is 0.471. The molecule has 3 nitrogen and oxygen atoms in total. The Morgan fingerprint density at radius 2 is 1.95 bits per heavy atom. The number of hydrogen-bond acceptors (Lipinski definition) is 2. The van der Waals surface area contributed by atoms with E-state index in [1.54, 1.807) is 4.68 Å². The molecule has 21 heavy (non-hydrogen) atoms. The van der Waals surface area contributed by atoms with E-state index in [1.807, 2.05) is 14.0 Å². The summed E-state index contributed by atoms with van der Waals surface area (Å²) in [6.07, 6.45) is 0.922. The van der Waals surface area contributed by atoms with Crippen LogP contribution in [0.1, 0.15) is 36.7 Å². The number of aromatic nitrogens is 2. The summed E-state index contributed by atoms with van der Waals surface area (Å²) in [4.78, 5) is 0. The number of nitrogens with zero attached hydrogens (tertiary/aromatic N) is 2. The average Bonchev–Trinajstić information content (AvgIpc) is 2.72. The zero-order chi connectivity index (χ0) is 15.4. The fourth-order valence-corrected chi connectivity index (χ4v) is 3.13. The first kappa shape index (κ1) is 16.1. The van der Waals surface area contributed by atoms with Crippen molar-refractivity contribution >= 4 is 11.6 Å². The highest BCUT2D eigenvalue weighted by molar-refractivity contribution is 6.30. The number of rotatable bonds is 6. The second-order valence-corrected chi connectivity index (χ2v) is 5.96. The molecule has 0 bridgehead atoms. The standard InChI is InChI=1S/C17H24ClN3/c1-5-19-16(14-9-7-6-8-10-14)12(2)11-15-13(3)20-21(4)17(15)18/h6-10,12,16,19H,5,11H2,1-4H3. The van der Waals surface area contributed by atoms with Crippen LogP contribution in [0.3, 0.4) is 0 Å². The van der Waals surface area contributed by atoms with E-state index in [0.717, 1.165) is 29.4 Å². The third-order valence-electron chi connectivity index (χ3n) is 3.95. The van der Waals surface area contributed by atoms with Crippen LogP contribution in [0.4, 0.5) is 0 Å². The predicted octanol–water partition coefficient (Wildman–Crippen LogP) is 3.91. The predicted molar refractivity (Wildman–Crippen MR) is 88.7 cm³/mol. The molecule has 114 valence electrons. The monoisotopic (exact) mass is 305 g/mol. The lowest BCUT2D eigenvalue weighted by Gasteiger charge is -2.25. The second kappa shape index (κ2) is 7.10. The number of nitrogens with one attached hydrogen (secondary N) is 1. The van der Waals surface area contributed by atoms with Gasteiger partial charge in [-0.1, -0.05) is 55.8 Å². The first-order valence-corrected chi connectivity index (χ1v) is 7.88. The Morgan fingerprint density at radius 1 is 1.29 bits per heavy atom. The van der Waals surface area contributed by atoms with Gasteiger partial charge in [-0.25, -0.2) is 0 Å². The lowest BCUT2D eigenvalue weighted by molar-refractivity contribution is 0.391. The van der Waals surface area contributed by atoms with Gasteiger partial charge >= 0.3 is 0 Å². The molecule has 1 aromatic heterocycles. The molecule has 0 aliphatic heterocycles. The quantitative estimate of drug-likeness (QED) is 0.877. The Balaban J connectivity index is 2.21. The minimum atomic E-state index is 0.326. The van der Waals surface area contributed by atoms with Crippen LogP contribution in [0.15, 0.2) is 30.3 Å². The molecule has 0 spiro atoms. The van der Waals surface area contributed by atoms with Crippen molar-refractivity contribution in [1.29, 1.82) is 0 Å². The van der Waals surface area contributed by atoms with Gasteiger partial charge in [0.2, 0.25) is 0 Å². The van der Waals surface area contributed by atoms with Crippen LogP contribution in [0.5, 0.6) is 0 Å². The van der Waals surface area contributed by atoms with Gasteiger partial charge in [-0.15, -0.1) is 0 Å². The number of aryl methyl sites for hydroxylation is 2. The van der Waals surface area contributed by atoms with Crippen molar-refractivity contribution in [1.82, 2.24) is 15.1 Å². The molecule has 0 saturated heterocycles. The van der Waals surface area contributed by atoms with E-state index in [0.29, 0.717) is 12.0 Å². The van der Waals surface area contributed by atoms with Gasteiger partial charge in [-0.3, -0.25) is 4.68 Å². The molecule has 2 aromatic rings. The van der Waals surface area contributed by atoms with Crippen molar-refractivity contribution in [3.63, 3.8) is 0 Å². The van der Waals surface area contributed by atoms with E-state index in [4.69, 9.17) is 11.6 Å². The molecular formula is C17H24ClN3. The summed E-state index contributed by atoms with van der Waals surface area (Å²) in [5, 5.41) is 8.75. The zero-order valence-electron chi connectivity index (χ0n) is 13.2. The number of hydrogen-bond donors (Lipinski definition) is 1. The van der Waals surface area contributed by atoms with Gasteiger partial charge < -0.3 is 5.32 Å². The number of halogens is 1. The summed E-state index contributed by atoms with van der Waals surface area (Å²) in [6, 6.07) is 10.9. The fourth-order valence-electron chi connectivity index (χ4n) is 2.87. The van der Waals surface area contributed by atoms with E-state index in [9.17, 15) is 0 Å². The Hall–Kier alpha value is -1.32. The van der Waals surface area contributed by atoms with E-state index in [-0.39, 0.29) is 0 Å². The van der Waals surface area contributed by atoms with Crippen LogP contribution in [0, 0.1) is 12.8 Å². The minimum Gasteiger partial charge on any atom is -0.310 e. The summed E-state index contributed by atoms with van der Waals surface area (Å²) < 4.78 is 1.75. The summed E-state index contributed by atoms with van der Waals surface area (Å²) in [5.74, 6) is 0.438. The maximum absolute atomic E-state index is 6.37. The van der Waals surface area contributed by atoms with Crippen LogP contribution < -0.4 is 5.32 Å². The van der Waals surface area contributed by atoms with Crippen molar-refractivity contribution in [2.24, 2.45) is 13.0 Å². The average molecular weight is 306 g/mol. The summed E-state index contributed by atoms with van der Waals surface area (Å²) >= 11 is 6.37. The van der Waals surface area contributed by atoms with Crippen molar-refractivity contribution in [2.75, 3.05) is 6.54 Å². The highest BCUT2D eigenvalue weighted by atomic mass is 35.5. The van der Waals surface area contributed by atoms with Crippen LogP contribution in [0.25, 0.3) is 0 Å². The molecule has 0 radical (unpaired) electrons. The van der Waals surface area contributed by atoms with Crippen LogP contribution in [-0.2, 0) is 13.5 Å². The lowest BCUT2D eigenvalue weighted by atomic mass is 9.89. The summed E-state index contributed by atoms with van der Waals surface area (Å²) in [7, 11) is 1.89. The Bertz CT molecular complexity index is 577. The van der Waals surface area contributed by atoms with E-state index in [2.05, 4.69) is 54.6 Å². The largest absolute Gasteiger partial charge is 0.310 e. The molecule has 2 rings (SSSR count). The van der Waals surface area contributed by atoms with Crippen LogP contribution in [-0.4, -0.2) is 16.3 Å². The molecule has 0 fully saturated rings. The topological polar surface area (TPSA) is 29.9 Å². The minimum absolute atomic E-state index is 0.326. The van der Waals surface area contributed by atoms with E-state index in [1.165, 1.54) is 5.56 Å². The third-order valence-corrected chi connectivity index (χ3v) is 4.42. The van der Waals surface area contributed by atoms with E-state index >= 15 is 0 Å². The molecule has 0 aliphatic carbocycles. The van der Waals surface area contributed by atoms with Crippen LogP contribution in [0.2, 0.25) is 5.15 Å². The first-order valence-electron chi connectivity index (χ1n) is 7.50. The Labute approximate surface area is 132 Å². The van der Waals surface area contributed by atoms with Gasteiger partial charge in [0.15, 0.2) is 0 Å². The lowest BCUT2D eigenvalue weighted by Crippen LogP contribution is -2.28. The first-order chi connectivity index (χ1) is 10.0. The highest BCUT2D eigenvalue weighted by Gasteiger charge is 2.22. The SMILES string of the molecule is CCNC(c1ccccc1)C(C)Cc1c(C)nn(C)c1Cl. The molecule has 2 atom stereocenters. The normalized spacial score (nSPS) is 14.1. The Kier molecular flexibility index (Phi) is 5.43. The van der Waals surface area contributed by atoms with Crippen molar-refractivity contribution in [3.8, 4) is 0 Å². The van der Waals surface area contributed by atoms with Crippen molar-refractivity contribution in [2.45, 2.75) is 33.2 Å². The third kappa shape index (κ3) is 3.66. The van der Waals surface area contributed by atoms with Gasteiger partial charge in [0.05, 0.1) is 5.69 Å². The molecule has 2 unspecified atom stereocenters. The molecule has 0 amide bonds. The van der Waals surface area contributed by atoms with Gasteiger partial charge in [0.25, 0.3) is 0 Å². The summed E-state index contributed by atoms with van der Waals surface area (Å²) in [5.41, 5.74) is 3.51. The molecule has 0 saturated carbocycles. The molecule has 1 aromatic carbocycles. The van der Waals surface area contributed by atoms with Gasteiger partial charge in [-0.2, -0.15) is 5.10 Å². The Morgan fingerprint density at radius 3 is 2.48 bits per heavy atom. The van der Waals surface area contributed by atoms with Crippen molar-refractivity contribution in [3.05, 3.63) is 52.3 Å². The van der Waals surface area contributed by atoms with E-state index < -0.39 is 0 Å². The molecule has 1 heterocycles. The van der Waals surface area contributed by atoms with Crippen LogP contribution >= 0.6 is 11.6 Å². The molecular weight excluding hydrogens is 282 g/mol.